The van der Waals surface area contributed by atoms with Gasteiger partial charge in [0.05, 0.1) is 18.1 Å². The number of aliphatic carboxylic acids is 1. The molecule has 1 aliphatic heterocycles. The highest BCUT2D eigenvalue weighted by Crippen LogP contribution is 2.46. The van der Waals surface area contributed by atoms with Crippen molar-refractivity contribution in [3.05, 3.63) is 23.7 Å². The molecule has 1 saturated heterocycles. The van der Waals surface area contributed by atoms with Crippen LogP contribution in [0.2, 0.25) is 0 Å². The fourth-order valence-electron chi connectivity index (χ4n) is 3.96. The van der Waals surface area contributed by atoms with Gasteiger partial charge in [-0.15, -0.1) is 0 Å². The molecule has 1 unspecified atom stereocenters. The molecule has 0 amide bonds. The molecule has 1 aliphatic carbocycles. The van der Waals surface area contributed by atoms with Crippen molar-refractivity contribution in [1.29, 1.82) is 0 Å². The number of halogens is 1. The summed E-state index contributed by atoms with van der Waals surface area (Å²) >= 11 is 0. The third-order valence-corrected chi connectivity index (χ3v) is 5.78. The standard InChI is InChI=1S/C21H33FO5/c1-3-4-5-6-14(23)8-9-15-16-11-20(27-19(16)12-18(15)24)17(22)10-7-13(2)21(25)26/h8-9,13-16,18-19,23-24H,3-7,10-12H2,1-2H3,(H,25,26)/b9-8+,20-17+/t13?,14-,15+,16+,18+,19-/m0/s1. The molecule has 6 heteroatoms. The molecular formula is C21H33FO5. The summed E-state index contributed by atoms with van der Waals surface area (Å²) in [5.41, 5.74) is 0. The number of carboxylic acid groups (broad SMARTS) is 1. The molecule has 6 atom stereocenters. The van der Waals surface area contributed by atoms with Crippen molar-refractivity contribution in [2.24, 2.45) is 17.8 Å². The first-order valence-corrected chi connectivity index (χ1v) is 10.1. The number of carboxylic acids is 1. The second-order valence-electron chi connectivity index (χ2n) is 7.96. The van der Waals surface area contributed by atoms with E-state index in [1.807, 2.05) is 6.08 Å². The minimum Gasteiger partial charge on any atom is -0.492 e. The number of unbranched alkanes of at least 4 members (excludes halogenated alkanes) is 2. The lowest BCUT2D eigenvalue weighted by atomic mass is 9.90. The smallest absolute Gasteiger partial charge is 0.306 e. The summed E-state index contributed by atoms with van der Waals surface area (Å²) in [6.07, 6.45) is 7.35. The van der Waals surface area contributed by atoms with Gasteiger partial charge in [-0.2, -0.15) is 0 Å². The van der Waals surface area contributed by atoms with Crippen molar-refractivity contribution >= 4 is 5.97 Å². The van der Waals surface area contributed by atoms with Crippen LogP contribution in [0.5, 0.6) is 0 Å². The maximum absolute atomic E-state index is 14.4. The Morgan fingerprint density at radius 3 is 2.78 bits per heavy atom. The Kier molecular flexibility index (Phi) is 8.29. The zero-order valence-corrected chi connectivity index (χ0v) is 16.3. The van der Waals surface area contributed by atoms with Gasteiger partial charge in [-0.25, -0.2) is 4.39 Å². The molecule has 0 aromatic heterocycles. The molecule has 0 aromatic carbocycles. The van der Waals surface area contributed by atoms with Gasteiger partial charge in [-0.1, -0.05) is 45.3 Å². The van der Waals surface area contributed by atoms with Crippen LogP contribution in [0.1, 0.15) is 65.2 Å². The summed E-state index contributed by atoms with van der Waals surface area (Å²) in [6, 6.07) is 0. The predicted molar refractivity (Wildman–Crippen MR) is 101 cm³/mol. The normalized spacial score (nSPS) is 31.6. The average Bonchev–Trinajstić information content (AvgIpc) is 3.15. The van der Waals surface area contributed by atoms with Gasteiger partial charge in [0.25, 0.3) is 0 Å². The molecule has 0 aromatic rings. The third kappa shape index (κ3) is 6.04. The minimum atomic E-state index is -0.928. The maximum Gasteiger partial charge on any atom is 0.306 e. The zero-order valence-electron chi connectivity index (χ0n) is 16.3. The summed E-state index contributed by atoms with van der Waals surface area (Å²) < 4.78 is 20.1. The van der Waals surface area contributed by atoms with E-state index >= 15 is 0 Å². The Balaban J connectivity index is 1.92. The van der Waals surface area contributed by atoms with Gasteiger partial charge in [-0.3, -0.25) is 4.79 Å². The Bertz CT molecular complexity index is 559. The fraction of sp³-hybridized carbons (Fsp3) is 0.762. The Morgan fingerprint density at radius 1 is 1.37 bits per heavy atom. The second-order valence-corrected chi connectivity index (χ2v) is 7.96. The van der Waals surface area contributed by atoms with Crippen LogP contribution in [0.15, 0.2) is 23.7 Å². The van der Waals surface area contributed by atoms with Gasteiger partial charge in [0, 0.05) is 31.1 Å². The van der Waals surface area contributed by atoms with E-state index in [0.29, 0.717) is 25.0 Å². The number of allylic oxidation sites excluding steroid dienone is 2. The van der Waals surface area contributed by atoms with Crippen molar-refractivity contribution in [2.75, 3.05) is 0 Å². The van der Waals surface area contributed by atoms with Crippen molar-refractivity contribution in [1.82, 2.24) is 0 Å². The summed E-state index contributed by atoms with van der Waals surface area (Å²) in [7, 11) is 0. The summed E-state index contributed by atoms with van der Waals surface area (Å²) in [6.45, 7) is 3.68. The highest BCUT2D eigenvalue weighted by atomic mass is 19.1. The monoisotopic (exact) mass is 384 g/mol. The molecule has 1 heterocycles. The number of fused-ring (bicyclic) bond motifs is 1. The topological polar surface area (TPSA) is 87.0 Å². The Labute approximate surface area is 160 Å². The quantitative estimate of drug-likeness (QED) is 0.392. The van der Waals surface area contributed by atoms with Gasteiger partial charge in [0.2, 0.25) is 0 Å². The molecule has 2 fully saturated rings. The maximum atomic E-state index is 14.4. The predicted octanol–water partition coefficient (Wildman–Crippen LogP) is 3.95. The first-order chi connectivity index (χ1) is 12.8. The van der Waals surface area contributed by atoms with Gasteiger partial charge >= 0.3 is 5.97 Å². The largest absolute Gasteiger partial charge is 0.492 e. The molecule has 3 N–H and O–H groups in total. The number of ether oxygens (including phenoxy) is 1. The lowest BCUT2D eigenvalue weighted by Crippen LogP contribution is -2.18. The number of aliphatic hydroxyl groups excluding tert-OH is 2. The number of carbonyl (C=O) groups is 1. The zero-order chi connectivity index (χ0) is 20.0. The van der Waals surface area contributed by atoms with Crippen LogP contribution < -0.4 is 0 Å². The fourth-order valence-corrected chi connectivity index (χ4v) is 3.96. The summed E-state index contributed by atoms with van der Waals surface area (Å²) in [4.78, 5) is 10.9. The van der Waals surface area contributed by atoms with Gasteiger partial charge in [-0.05, 0) is 12.8 Å². The molecule has 2 rings (SSSR count). The lowest BCUT2D eigenvalue weighted by Gasteiger charge is -2.16. The molecule has 27 heavy (non-hydrogen) atoms. The second kappa shape index (κ2) is 10.2. The molecule has 2 aliphatic rings. The van der Waals surface area contributed by atoms with Crippen LogP contribution in [0.3, 0.4) is 0 Å². The number of rotatable bonds is 10. The van der Waals surface area contributed by atoms with Crippen LogP contribution in [-0.4, -0.2) is 39.6 Å². The van der Waals surface area contributed by atoms with E-state index in [2.05, 4.69) is 6.92 Å². The van der Waals surface area contributed by atoms with E-state index in [4.69, 9.17) is 9.84 Å². The molecule has 154 valence electrons. The third-order valence-electron chi connectivity index (χ3n) is 5.78. The SMILES string of the molecule is CCCCC[C@H](O)/C=C/[C@@H]1[C@H]2C/C(=C(\F)CCC(C)C(=O)O)O[C@H]2C[C@H]1O. The van der Waals surface area contributed by atoms with Crippen molar-refractivity contribution in [3.63, 3.8) is 0 Å². The van der Waals surface area contributed by atoms with E-state index in [9.17, 15) is 19.4 Å². The molecule has 0 spiro atoms. The van der Waals surface area contributed by atoms with E-state index in [-0.39, 0.29) is 36.6 Å². The molecular weight excluding hydrogens is 351 g/mol. The minimum absolute atomic E-state index is 0.00302. The van der Waals surface area contributed by atoms with Crippen molar-refractivity contribution in [2.45, 2.75) is 83.5 Å². The highest BCUT2D eigenvalue weighted by molar-refractivity contribution is 5.69. The van der Waals surface area contributed by atoms with Crippen LogP contribution >= 0.6 is 0 Å². The Hall–Kier alpha value is -1.40. The summed E-state index contributed by atoms with van der Waals surface area (Å²) in [5, 5.41) is 29.3. The lowest BCUT2D eigenvalue weighted by molar-refractivity contribution is -0.141. The number of hydrogen-bond acceptors (Lipinski definition) is 4. The van der Waals surface area contributed by atoms with E-state index in [0.717, 1.165) is 19.3 Å². The first-order valence-electron chi connectivity index (χ1n) is 10.1. The van der Waals surface area contributed by atoms with Crippen LogP contribution in [0.4, 0.5) is 4.39 Å². The van der Waals surface area contributed by atoms with Crippen LogP contribution in [0, 0.1) is 17.8 Å². The summed E-state index contributed by atoms with van der Waals surface area (Å²) in [5.74, 6) is -1.76. The number of hydrogen-bond donors (Lipinski definition) is 3. The van der Waals surface area contributed by atoms with Gasteiger partial charge in [0.1, 0.15) is 17.7 Å². The molecule has 0 bridgehead atoms. The Morgan fingerprint density at radius 2 is 2.11 bits per heavy atom. The van der Waals surface area contributed by atoms with Crippen LogP contribution in [0.25, 0.3) is 0 Å². The van der Waals surface area contributed by atoms with Crippen molar-refractivity contribution in [3.8, 4) is 0 Å². The van der Waals surface area contributed by atoms with E-state index < -0.39 is 24.1 Å². The first kappa shape index (κ1) is 21.9. The van der Waals surface area contributed by atoms with E-state index in [1.165, 1.54) is 0 Å². The molecule has 0 radical (unpaired) electrons. The number of aliphatic hydroxyl groups is 2. The van der Waals surface area contributed by atoms with Crippen LogP contribution in [-0.2, 0) is 9.53 Å². The van der Waals surface area contributed by atoms with Gasteiger partial charge < -0.3 is 20.1 Å². The van der Waals surface area contributed by atoms with E-state index in [1.54, 1.807) is 13.0 Å². The molecule has 1 saturated carbocycles. The van der Waals surface area contributed by atoms with Gasteiger partial charge in [0.15, 0.2) is 0 Å². The highest BCUT2D eigenvalue weighted by Gasteiger charge is 2.47. The molecule has 5 nitrogen and oxygen atoms in total. The van der Waals surface area contributed by atoms with Crippen molar-refractivity contribution < 1.29 is 29.2 Å². The average molecular weight is 384 g/mol.